The van der Waals surface area contributed by atoms with E-state index in [-0.39, 0.29) is 11.8 Å². The number of rotatable bonds is 5. The monoisotopic (exact) mass is 268 g/mol. The van der Waals surface area contributed by atoms with E-state index in [1.165, 1.54) is 0 Å². The molecule has 98 valence electrons. The molecule has 1 fully saturated rings. The van der Waals surface area contributed by atoms with E-state index in [2.05, 4.69) is 10.6 Å². The minimum absolute atomic E-state index is 0.0343. The fraction of sp³-hybridized carbons (Fsp3) is 0.462. The van der Waals surface area contributed by atoms with Crippen LogP contribution in [0.4, 0.5) is 5.69 Å². The first-order valence-corrected chi connectivity index (χ1v) is 6.52. The minimum atomic E-state index is 0.0343. The van der Waals surface area contributed by atoms with Crippen molar-refractivity contribution in [1.29, 1.82) is 0 Å². The molecule has 1 aliphatic rings. The predicted octanol–water partition coefficient (Wildman–Crippen LogP) is 2.29. The number of carbonyl (C=O) groups is 1. The molecule has 18 heavy (non-hydrogen) atoms. The van der Waals surface area contributed by atoms with Crippen molar-refractivity contribution < 1.29 is 9.53 Å². The highest BCUT2D eigenvalue weighted by molar-refractivity contribution is 6.32. The van der Waals surface area contributed by atoms with Gasteiger partial charge in [0.05, 0.1) is 17.5 Å². The second kappa shape index (κ2) is 6.07. The first-order chi connectivity index (χ1) is 8.70. The maximum absolute atomic E-state index is 11.7. The number of anilines is 1. The maximum Gasteiger partial charge on any atom is 0.230 e. The summed E-state index contributed by atoms with van der Waals surface area (Å²) in [5.41, 5.74) is 0.709. The van der Waals surface area contributed by atoms with Crippen LogP contribution < -0.4 is 15.4 Å². The molecule has 1 aromatic carbocycles. The van der Waals surface area contributed by atoms with Crippen molar-refractivity contribution in [2.45, 2.75) is 13.3 Å². The number of carbonyl (C=O) groups excluding carboxylic acids is 1. The second-order valence-corrected chi connectivity index (χ2v) is 4.75. The van der Waals surface area contributed by atoms with Crippen molar-refractivity contribution in [3.8, 4) is 5.75 Å². The lowest BCUT2D eigenvalue weighted by Crippen LogP contribution is -2.48. The van der Waals surface area contributed by atoms with Gasteiger partial charge in [-0.2, -0.15) is 0 Å². The number of ether oxygens (including phenoxy) is 1. The van der Waals surface area contributed by atoms with Gasteiger partial charge in [0.15, 0.2) is 0 Å². The van der Waals surface area contributed by atoms with Crippen LogP contribution >= 0.6 is 11.6 Å². The van der Waals surface area contributed by atoms with E-state index in [0.717, 1.165) is 19.5 Å². The van der Waals surface area contributed by atoms with E-state index in [1.807, 2.05) is 6.92 Å². The summed E-state index contributed by atoms with van der Waals surface area (Å²) in [4.78, 5) is 11.7. The Bertz CT molecular complexity index is 433. The smallest absolute Gasteiger partial charge is 0.230 e. The molecule has 0 unspecified atom stereocenters. The molecule has 0 aromatic heterocycles. The highest BCUT2D eigenvalue weighted by atomic mass is 35.5. The molecule has 1 heterocycles. The van der Waals surface area contributed by atoms with E-state index >= 15 is 0 Å². The average molecular weight is 269 g/mol. The summed E-state index contributed by atoms with van der Waals surface area (Å²) in [6.45, 7) is 4.17. The van der Waals surface area contributed by atoms with Crippen LogP contribution in [-0.4, -0.2) is 25.6 Å². The second-order valence-electron chi connectivity index (χ2n) is 4.34. The summed E-state index contributed by atoms with van der Waals surface area (Å²) in [5, 5.41) is 6.44. The molecule has 1 saturated heterocycles. The minimum Gasteiger partial charge on any atom is -0.492 e. The molecule has 2 rings (SSSR count). The van der Waals surface area contributed by atoms with Gasteiger partial charge in [0.25, 0.3) is 0 Å². The van der Waals surface area contributed by atoms with Gasteiger partial charge in [0.2, 0.25) is 5.91 Å². The lowest BCUT2D eigenvalue weighted by Gasteiger charge is -2.25. The average Bonchev–Trinajstić information content (AvgIpc) is 2.25. The van der Waals surface area contributed by atoms with Gasteiger partial charge in [0, 0.05) is 18.8 Å². The Hall–Kier alpha value is -1.26. The molecule has 4 nitrogen and oxygen atoms in total. The molecule has 0 atom stereocenters. The zero-order valence-corrected chi connectivity index (χ0v) is 11.1. The van der Waals surface area contributed by atoms with Crippen LogP contribution in [0.3, 0.4) is 0 Å². The molecule has 0 bridgehead atoms. The summed E-state index contributed by atoms with van der Waals surface area (Å²) in [5.74, 6) is 0.758. The number of halogens is 1. The standard InChI is InChI=1S/C13H17ClN2O2/c1-2-5-18-12-4-3-10(6-11(12)14)16-13(17)9-7-15-8-9/h3-4,6,9,15H,2,5,7-8H2,1H3,(H,16,17). The summed E-state index contributed by atoms with van der Waals surface area (Å²) in [6.07, 6.45) is 0.934. The van der Waals surface area contributed by atoms with Crippen LogP contribution in [0.5, 0.6) is 5.75 Å². The van der Waals surface area contributed by atoms with Crippen molar-refractivity contribution in [3.05, 3.63) is 23.2 Å². The summed E-state index contributed by atoms with van der Waals surface area (Å²) < 4.78 is 5.47. The highest BCUT2D eigenvalue weighted by Gasteiger charge is 2.24. The van der Waals surface area contributed by atoms with Crippen LogP contribution in [0.25, 0.3) is 0 Å². The largest absolute Gasteiger partial charge is 0.492 e. The van der Waals surface area contributed by atoms with Gasteiger partial charge in [-0.05, 0) is 24.6 Å². The molecule has 1 amide bonds. The Kier molecular flexibility index (Phi) is 4.44. The predicted molar refractivity (Wildman–Crippen MR) is 72.2 cm³/mol. The highest BCUT2D eigenvalue weighted by Crippen LogP contribution is 2.28. The summed E-state index contributed by atoms with van der Waals surface area (Å²) in [6, 6.07) is 5.31. The van der Waals surface area contributed by atoms with E-state index < -0.39 is 0 Å². The molecule has 0 saturated carbocycles. The Morgan fingerprint density at radius 3 is 2.89 bits per heavy atom. The van der Waals surface area contributed by atoms with Gasteiger partial charge in [-0.1, -0.05) is 18.5 Å². The van der Waals surface area contributed by atoms with Crippen molar-refractivity contribution >= 4 is 23.2 Å². The fourth-order valence-electron chi connectivity index (χ4n) is 1.63. The Labute approximate surface area is 112 Å². The van der Waals surface area contributed by atoms with Gasteiger partial charge in [-0.25, -0.2) is 0 Å². The van der Waals surface area contributed by atoms with E-state index in [4.69, 9.17) is 16.3 Å². The number of hydrogen-bond donors (Lipinski definition) is 2. The van der Waals surface area contributed by atoms with Gasteiger partial charge in [-0.3, -0.25) is 4.79 Å². The Morgan fingerprint density at radius 1 is 1.56 bits per heavy atom. The van der Waals surface area contributed by atoms with Gasteiger partial charge in [-0.15, -0.1) is 0 Å². The Morgan fingerprint density at radius 2 is 2.33 bits per heavy atom. The van der Waals surface area contributed by atoms with Crippen LogP contribution in [-0.2, 0) is 4.79 Å². The van der Waals surface area contributed by atoms with Crippen molar-refractivity contribution in [3.63, 3.8) is 0 Å². The lowest BCUT2D eigenvalue weighted by atomic mass is 10.0. The van der Waals surface area contributed by atoms with Crippen LogP contribution in [0, 0.1) is 5.92 Å². The van der Waals surface area contributed by atoms with Crippen LogP contribution in [0.2, 0.25) is 5.02 Å². The maximum atomic E-state index is 11.7. The third-order valence-electron chi connectivity index (χ3n) is 2.81. The molecule has 0 spiro atoms. The number of nitrogens with one attached hydrogen (secondary N) is 2. The van der Waals surface area contributed by atoms with E-state index in [9.17, 15) is 4.79 Å². The normalized spacial score (nSPS) is 15.0. The molecule has 2 N–H and O–H groups in total. The van der Waals surface area contributed by atoms with Crippen molar-refractivity contribution in [2.75, 3.05) is 25.0 Å². The van der Waals surface area contributed by atoms with Gasteiger partial charge < -0.3 is 15.4 Å². The van der Waals surface area contributed by atoms with Gasteiger partial charge >= 0.3 is 0 Å². The SMILES string of the molecule is CCCOc1ccc(NC(=O)C2CNC2)cc1Cl. The lowest BCUT2D eigenvalue weighted by molar-refractivity contribution is -0.121. The van der Waals surface area contributed by atoms with Crippen LogP contribution in [0.1, 0.15) is 13.3 Å². The molecular formula is C13H17ClN2O2. The zero-order chi connectivity index (χ0) is 13.0. The summed E-state index contributed by atoms with van der Waals surface area (Å²) >= 11 is 6.09. The number of hydrogen-bond acceptors (Lipinski definition) is 3. The summed E-state index contributed by atoms with van der Waals surface area (Å²) in [7, 11) is 0. The first-order valence-electron chi connectivity index (χ1n) is 6.14. The fourth-order valence-corrected chi connectivity index (χ4v) is 1.86. The van der Waals surface area contributed by atoms with Gasteiger partial charge in [0.1, 0.15) is 5.75 Å². The van der Waals surface area contributed by atoms with Crippen LogP contribution in [0.15, 0.2) is 18.2 Å². The van der Waals surface area contributed by atoms with E-state index in [0.29, 0.717) is 23.1 Å². The zero-order valence-electron chi connectivity index (χ0n) is 10.3. The molecule has 0 radical (unpaired) electrons. The Balaban J connectivity index is 1.97. The molecule has 5 heteroatoms. The third-order valence-corrected chi connectivity index (χ3v) is 3.11. The topological polar surface area (TPSA) is 50.4 Å². The number of amides is 1. The van der Waals surface area contributed by atoms with E-state index in [1.54, 1.807) is 18.2 Å². The molecule has 1 aliphatic heterocycles. The number of benzene rings is 1. The first kappa shape index (κ1) is 13.2. The third kappa shape index (κ3) is 3.15. The van der Waals surface area contributed by atoms with Crippen molar-refractivity contribution in [2.24, 2.45) is 5.92 Å². The molecular weight excluding hydrogens is 252 g/mol. The van der Waals surface area contributed by atoms with Crippen molar-refractivity contribution in [1.82, 2.24) is 5.32 Å². The quantitative estimate of drug-likeness (QED) is 0.861. The molecule has 0 aliphatic carbocycles. The molecule has 1 aromatic rings.